The molecule has 1 saturated carbocycles. The number of hydrogen-bond acceptors (Lipinski definition) is 9. The number of carbonyl (C=O) groups excluding carboxylic acids is 1. The van der Waals surface area contributed by atoms with E-state index in [0.717, 1.165) is 23.4 Å². The number of primary amides is 1. The zero-order valence-corrected chi connectivity index (χ0v) is 24.3. The van der Waals surface area contributed by atoms with Gasteiger partial charge in [0.2, 0.25) is 0 Å². The zero-order valence-electron chi connectivity index (χ0n) is 24.3. The molecule has 18 heteroatoms. The SMILES string of the molecule is COc1cc2c(Nc3cccc(CO)c3C)c(C(N)=O)cnc2cc1OCCNC1CC1.O=C(O)C(F)(F)F.O=C(O)C(F)(F)F. The molecule has 0 saturated heterocycles. The number of aliphatic carboxylic acids is 2. The number of halogens is 6. The first-order valence-electron chi connectivity index (χ1n) is 13.1. The number of aliphatic hydroxyl groups excluding tert-OH is 1. The Morgan fingerprint density at radius 1 is 1.02 bits per heavy atom. The Bertz CT molecular complexity index is 1520. The van der Waals surface area contributed by atoms with Crippen LogP contribution in [-0.4, -0.2) is 76.8 Å². The number of carbonyl (C=O) groups is 3. The molecule has 2 aromatic carbocycles. The second-order valence-electron chi connectivity index (χ2n) is 9.49. The van der Waals surface area contributed by atoms with Crippen LogP contribution in [0.2, 0.25) is 0 Å². The topological polar surface area (TPSA) is 193 Å². The molecule has 1 amide bonds. The lowest BCUT2D eigenvalue weighted by atomic mass is 10.0. The summed E-state index contributed by atoms with van der Waals surface area (Å²) >= 11 is 0. The van der Waals surface area contributed by atoms with E-state index < -0.39 is 30.2 Å². The number of nitrogens with zero attached hydrogens (tertiary/aromatic N) is 1. The highest BCUT2D eigenvalue weighted by molar-refractivity contribution is 6.08. The van der Waals surface area contributed by atoms with E-state index in [1.807, 2.05) is 25.1 Å². The highest BCUT2D eigenvalue weighted by atomic mass is 19.4. The van der Waals surface area contributed by atoms with Crippen molar-refractivity contribution in [3.05, 3.63) is 53.2 Å². The number of aliphatic hydroxyl groups is 1. The second kappa shape index (κ2) is 15.9. The number of ether oxygens (including phenoxy) is 2. The van der Waals surface area contributed by atoms with Crippen molar-refractivity contribution in [3.8, 4) is 11.5 Å². The van der Waals surface area contributed by atoms with E-state index in [0.29, 0.717) is 40.7 Å². The standard InChI is InChI=1S/C24H28N4O4.2C2HF3O2/c1-14-15(13-29)4-3-5-19(14)28-23-17-10-21(31-2)22(32-9-8-26-16-6-7-16)11-20(17)27-12-18(23)24(25)30;2*3-2(4,5)1(6)7/h3-5,10-12,16,26,29H,6-9,13H2,1-2H3,(H2,25,30)(H,27,28);2*(H,6,7). The average Bonchev–Trinajstić information content (AvgIpc) is 3.80. The van der Waals surface area contributed by atoms with Crippen molar-refractivity contribution in [3.63, 3.8) is 0 Å². The zero-order chi connectivity index (χ0) is 34.8. The number of anilines is 2. The Hall–Kier alpha value is -4.84. The molecule has 0 bridgehead atoms. The quantitative estimate of drug-likeness (QED) is 0.134. The fraction of sp³-hybridized carbons (Fsp3) is 0.357. The van der Waals surface area contributed by atoms with Crippen LogP contribution in [0.5, 0.6) is 11.5 Å². The molecule has 1 aliphatic rings. The van der Waals surface area contributed by atoms with E-state index in [9.17, 15) is 36.2 Å². The third-order valence-corrected chi connectivity index (χ3v) is 6.15. The number of hydrogen-bond donors (Lipinski definition) is 6. The van der Waals surface area contributed by atoms with Gasteiger partial charge >= 0.3 is 24.3 Å². The smallest absolute Gasteiger partial charge is 0.490 e. The van der Waals surface area contributed by atoms with Crippen LogP contribution in [0.25, 0.3) is 10.9 Å². The third-order valence-electron chi connectivity index (χ3n) is 6.15. The summed E-state index contributed by atoms with van der Waals surface area (Å²) in [4.78, 5) is 34.4. The van der Waals surface area contributed by atoms with Gasteiger partial charge < -0.3 is 41.2 Å². The number of rotatable bonds is 10. The molecule has 4 rings (SSSR count). The third kappa shape index (κ3) is 11.0. The Kier molecular flexibility index (Phi) is 12.9. The summed E-state index contributed by atoms with van der Waals surface area (Å²) in [6, 6.07) is 9.80. The predicted octanol–water partition coefficient (Wildman–Crippen LogP) is 4.28. The molecule has 46 heavy (non-hydrogen) atoms. The predicted molar refractivity (Wildman–Crippen MR) is 151 cm³/mol. The highest BCUT2D eigenvalue weighted by Gasteiger charge is 2.38. The molecule has 3 aromatic rings. The van der Waals surface area contributed by atoms with Crippen LogP contribution in [0.15, 0.2) is 36.5 Å². The van der Waals surface area contributed by atoms with E-state index in [-0.39, 0.29) is 12.2 Å². The molecule has 252 valence electrons. The van der Waals surface area contributed by atoms with Gasteiger partial charge in [-0.1, -0.05) is 12.1 Å². The molecule has 1 heterocycles. The molecular formula is C28H30F6N4O8. The summed E-state index contributed by atoms with van der Waals surface area (Å²) in [7, 11) is 1.57. The number of benzene rings is 2. The lowest BCUT2D eigenvalue weighted by Gasteiger charge is -2.18. The van der Waals surface area contributed by atoms with Crippen LogP contribution in [0.4, 0.5) is 37.7 Å². The first-order valence-corrected chi connectivity index (χ1v) is 13.1. The number of aromatic nitrogens is 1. The number of carboxylic acids is 2. The van der Waals surface area contributed by atoms with Crippen molar-refractivity contribution in [2.24, 2.45) is 5.73 Å². The van der Waals surface area contributed by atoms with Crippen LogP contribution < -0.4 is 25.8 Å². The number of fused-ring (bicyclic) bond motifs is 1. The van der Waals surface area contributed by atoms with Gasteiger partial charge in [-0.05, 0) is 43.0 Å². The summed E-state index contributed by atoms with van der Waals surface area (Å²) in [5, 5.41) is 31.3. The van der Waals surface area contributed by atoms with Gasteiger partial charge in [0.25, 0.3) is 5.91 Å². The van der Waals surface area contributed by atoms with Crippen LogP contribution in [0, 0.1) is 6.92 Å². The van der Waals surface area contributed by atoms with Crippen LogP contribution in [0.3, 0.4) is 0 Å². The first kappa shape index (κ1) is 37.3. The van der Waals surface area contributed by atoms with Crippen molar-refractivity contribution in [1.82, 2.24) is 10.3 Å². The molecule has 0 spiro atoms. The van der Waals surface area contributed by atoms with Gasteiger partial charge in [0.1, 0.15) is 6.61 Å². The maximum absolute atomic E-state index is 12.2. The first-order chi connectivity index (χ1) is 21.4. The molecule has 12 nitrogen and oxygen atoms in total. The summed E-state index contributed by atoms with van der Waals surface area (Å²) in [5.74, 6) is -4.99. The van der Waals surface area contributed by atoms with E-state index in [4.69, 9.17) is 35.0 Å². The number of amides is 1. The average molecular weight is 665 g/mol. The molecule has 1 aromatic heterocycles. The fourth-order valence-electron chi connectivity index (χ4n) is 3.63. The minimum absolute atomic E-state index is 0.0781. The molecule has 1 fully saturated rings. The van der Waals surface area contributed by atoms with Crippen molar-refractivity contribution in [2.75, 3.05) is 25.6 Å². The van der Waals surface area contributed by atoms with Crippen molar-refractivity contribution in [1.29, 1.82) is 0 Å². The van der Waals surface area contributed by atoms with Gasteiger partial charge in [-0.15, -0.1) is 0 Å². The van der Waals surface area contributed by atoms with Crippen molar-refractivity contribution >= 4 is 40.1 Å². The van der Waals surface area contributed by atoms with Crippen molar-refractivity contribution in [2.45, 2.75) is 44.8 Å². The van der Waals surface area contributed by atoms with Gasteiger partial charge in [-0.2, -0.15) is 26.3 Å². The van der Waals surface area contributed by atoms with Crippen molar-refractivity contribution < 1.29 is 65.5 Å². The number of nitrogens with two attached hydrogens (primary N) is 1. The van der Waals surface area contributed by atoms with E-state index in [1.165, 1.54) is 19.0 Å². The highest BCUT2D eigenvalue weighted by Crippen LogP contribution is 2.38. The Morgan fingerprint density at radius 3 is 2.09 bits per heavy atom. The minimum atomic E-state index is -5.08. The molecule has 0 unspecified atom stereocenters. The fourth-order valence-corrected chi connectivity index (χ4v) is 3.63. The molecule has 0 aliphatic heterocycles. The van der Waals surface area contributed by atoms with Gasteiger partial charge in [0.15, 0.2) is 11.5 Å². The Morgan fingerprint density at radius 2 is 1.61 bits per heavy atom. The molecule has 1 aliphatic carbocycles. The number of nitrogens with one attached hydrogen (secondary N) is 2. The lowest BCUT2D eigenvalue weighted by molar-refractivity contribution is -0.193. The minimum Gasteiger partial charge on any atom is -0.493 e. The second-order valence-corrected chi connectivity index (χ2v) is 9.49. The number of methoxy groups -OCH3 is 1. The van der Waals surface area contributed by atoms with Gasteiger partial charge in [-0.25, -0.2) is 9.59 Å². The van der Waals surface area contributed by atoms with E-state index >= 15 is 0 Å². The van der Waals surface area contributed by atoms with Gasteiger partial charge in [0, 0.05) is 35.9 Å². The Balaban J connectivity index is 0.000000440. The van der Waals surface area contributed by atoms with Crippen LogP contribution in [-0.2, 0) is 16.2 Å². The maximum Gasteiger partial charge on any atom is 0.490 e. The summed E-state index contributed by atoms with van der Waals surface area (Å²) < 4.78 is 75.0. The van der Waals surface area contributed by atoms with Crippen LogP contribution >= 0.6 is 0 Å². The molecule has 0 radical (unpaired) electrons. The van der Waals surface area contributed by atoms with Crippen LogP contribution in [0.1, 0.15) is 34.3 Å². The normalized spacial score (nSPS) is 12.6. The summed E-state index contributed by atoms with van der Waals surface area (Å²) in [6.07, 6.45) is -6.26. The summed E-state index contributed by atoms with van der Waals surface area (Å²) in [6.45, 7) is 3.10. The van der Waals surface area contributed by atoms with Gasteiger partial charge in [-0.3, -0.25) is 9.78 Å². The molecule has 0 atom stereocenters. The Labute approximate surface area is 257 Å². The lowest BCUT2D eigenvalue weighted by Crippen LogP contribution is -2.22. The largest absolute Gasteiger partial charge is 0.493 e. The number of alkyl halides is 6. The van der Waals surface area contributed by atoms with E-state index in [1.54, 1.807) is 19.2 Å². The monoisotopic (exact) mass is 664 g/mol. The van der Waals surface area contributed by atoms with Gasteiger partial charge in [0.05, 0.1) is 30.5 Å². The maximum atomic E-state index is 12.2. The van der Waals surface area contributed by atoms with E-state index in [2.05, 4.69) is 15.6 Å². The summed E-state index contributed by atoms with van der Waals surface area (Å²) in [5.41, 5.74) is 9.50. The molecule has 7 N–H and O–H groups in total. The number of carboxylic acid groups (broad SMARTS) is 2. The molecular weight excluding hydrogens is 634 g/mol. The number of pyridine rings is 1.